The molecule has 0 saturated carbocycles. The lowest BCUT2D eigenvalue weighted by Gasteiger charge is -2.45. The molecule has 5 rings (SSSR count). The maximum Gasteiger partial charge on any atom is 0.276 e. The molecule has 246 valence electrons. The minimum Gasteiger partial charge on any atom is -0.396 e. The van der Waals surface area contributed by atoms with Crippen LogP contribution in [0.2, 0.25) is 10.0 Å². The summed E-state index contributed by atoms with van der Waals surface area (Å²) in [7, 11) is 0. The first-order valence-corrected chi connectivity index (χ1v) is 15.6. The van der Waals surface area contributed by atoms with E-state index in [0.29, 0.717) is 11.3 Å². The number of nitrogens with zero attached hydrogens (tertiary/aromatic N) is 5. The molecular weight excluding hydrogens is 654 g/mol. The summed E-state index contributed by atoms with van der Waals surface area (Å²) < 4.78 is 45.0. The molecule has 3 atom stereocenters. The Bertz CT molecular complexity index is 1980. The third kappa shape index (κ3) is 5.41. The molecule has 1 amide bonds. The number of allylic oxidation sites excluding steroid dienone is 2. The number of carbonyl (C=O) groups is 1. The normalized spacial score (nSPS) is 19.7. The number of aromatic nitrogens is 2. The Morgan fingerprint density at radius 2 is 1.83 bits per heavy atom. The number of halogens is 5. The van der Waals surface area contributed by atoms with Gasteiger partial charge in [0.25, 0.3) is 5.56 Å². The molecule has 0 spiro atoms. The van der Waals surface area contributed by atoms with Gasteiger partial charge in [-0.1, -0.05) is 43.6 Å². The van der Waals surface area contributed by atoms with Gasteiger partial charge in [-0.2, -0.15) is 5.26 Å². The second-order valence-electron chi connectivity index (χ2n) is 12.1. The van der Waals surface area contributed by atoms with Crippen LogP contribution in [0.25, 0.3) is 28.0 Å². The summed E-state index contributed by atoms with van der Waals surface area (Å²) in [6.07, 6.45) is 4.75. The topological polar surface area (TPSA) is 120 Å². The average molecular weight is 687 g/mol. The molecule has 0 aliphatic carbocycles. The number of fused-ring (bicyclic) bond motifs is 1. The highest BCUT2D eigenvalue weighted by Crippen LogP contribution is 2.43. The number of nitrogens with two attached hydrogens (primary N) is 1. The number of hydrogen-bond acceptors (Lipinski definition) is 7. The van der Waals surface area contributed by atoms with Gasteiger partial charge >= 0.3 is 0 Å². The summed E-state index contributed by atoms with van der Waals surface area (Å²) in [4.78, 5) is 35.4. The molecule has 9 nitrogen and oxygen atoms in total. The van der Waals surface area contributed by atoms with Crippen molar-refractivity contribution in [1.82, 2.24) is 19.8 Å². The molecule has 1 unspecified atom stereocenters. The van der Waals surface area contributed by atoms with Crippen LogP contribution in [0.4, 0.5) is 24.5 Å². The molecule has 4 heterocycles. The van der Waals surface area contributed by atoms with Gasteiger partial charge in [-0.3, -0.25) is 14.2 Å². The average Bonchev–Trinajstić information content (AvgIpc) is 3.02. The molecule has 47 heavy (non-hydrogen) atoms. The Kier molecular flexibility index (Phi) is 9.10. The second-order valence-corrected chi connectivity index (χ2v) is 12.8. The SMILES string of the molecule is C=CC(=O)N1[C@H](C)CN(c2c(C#N)c(=O)n(C3=C(C)C=CNC3C(C)C)c3nc(-c4c(N)c(F)c(F)c(F)c4Cl)c(Cl)cc23)C[C@@H]1C. The Morgan fingerprint density at radius 3 is 2.40 bits per heavy atom. The zero-order chi connectivity index (χ0) is 34.6. The first-order chi connectivity index (χ1) is 22.2. The second kappa shape index (κ2) is 12.6. The number of pyridine rings is 2. The van der Waals surface area contributed by atoms with Gasteiger partial charge < -0.3 is 20.9 Å². The molecule has 0 bridgehead atoms. The number of piperazine rings is 1. The van der Waals surface area contributed by atoms with Crippen molar-refractivity contribution in [2.45, 2.75) is 52.7 Å². The predicted octanol–water partition coefficient (Wildman–Crippen LogP) is 6.23. The standard InChI is InChI=1S/C33H32Cl2F3N7O2/c1-7-21(46)44-16(5)12-43(13-17(44)6)31-18-10-20(34)29(22-23(35)24(36)25(37)26(38)27(22)40)42-32(18)45(33(47)19(31)11-39)30-15(4)8-9-41-28(30)14(2)3/h7-10,14,16-17,28,41H,1,12-13,40H2,2-6H3/t16-,17+,28?. The maximum absolute atomic E-state index is 14.8. The van der Waals surface area contributed by atoms with Gasteiger partial charge in [0.05, 0.1) is 38.9 Å². The maximum atomic E-state index is 14.8. The lowest BCUT2D eigenvalue weighted by Crippen LogP contribution is -2.58. The van der Waals surface area contributed by atoms with E-state index in [1.54, 1.807) is 24.1 Å². The van der Waals surface area contributed by atoms with Crippen molar-refractivity contribution in [2.24, 2.45) is 5.92 Å². The van der Waals surface area contributed by atoms with E-state index in [0.717, 1.165) is 0 Å². The highest BCUT2D eigenvalue weighted by atomic mass is 35.5. The third-order valence-electron chi connectivity index (χ3n) is 8.61. The summed E-state index contributed by atoms with van der Waals surface area (Å²) in [6.45, 7) is 13.5. The molecule has 2 aromatic heterocycles. The molecule has 0 radical (unpaired) electrons. The van der Waals surface area contributed by atoms with Gasteiger partial charge in [0.1, 0.15) is 17.3 Å². The van der Waals surface area contributed by atoms with Crippen molar-refractivity contribution in [3.63, 3.8) is 0 Å². The van der Waals surface area contributed by atoms with Crippen molar-refractivity contribution in [1.29, 1.82) is 5.26 Å². The van der Waals surface area contributed by atoms with E-state index in [1.807, 2.05) is 32.6 Å². The van der Waals surface area contributed by atoms with Crippen molar-refractivity contribution in [3.05, 3.63) is 80.0 Å². The van der Waals surface area contributed by atoms with Crippen LogP contribution in [0.15, 0.2) is 41.4 Å². The number of benzene rings is 1. The highest BCUT2D eigenvalue weighted by Gasteiger charge is 2.36. The number of hydrogen-bond donors (Lipinski definition) is 2. The fourth-order valence-electron chi connectivity index (χ4n) is 6.53. The number of amides is 1. The molecule has 1 saturated heterocycles. The van der Waals surface area contributed by atoms with Crippen LogP contribution in [0, 0.1) is 34.7 Å². The third-order valence-corrected chi connectivity index (χ3v) is 9.25. The summed E-state index contributed by atoms with van der Waals surface area (Å²) >= 11 is 12.9. The molecule has 2 aliphatic heterocycles. The molecule has 1 fully saturated rings. The molecule has 2 aliphatic rings. The van der Waals surface area contributed by atoms with E-state index in [2.05, 4.69) is 22.9 Å². The van der Waals surface area contributed by atoms with E-state index in [4.69, 9.17) is 28.9 Å². The Labute approximate surface area is 279 Å². The lowest BCUT2D eigenvalue weighted by atomic mass is 9.94. The first-order valence-electron chi connectivity index (χ1n) is 14.8. The fraction of sp³-hybridized carbons (Fsp3) is 0.333. The zero-order valence-electron chi connectivity index (χ0n) is 26.3. The van der Waals surface area contributed by atoms with Crippen LogP contribution in [0.5, 0.6) is 0 Å². The Balaban J connectivity index is 1.92. The van der Waals surface area contributed by atoms with Crippen LogP contribution in [0.3, 0.4) is 0 Å². The van der Waals surface area contributed by atoms with Gasteiger partial charge in [0.15, 0.2) is 17.5 Å². The molecule has 14 heteroatoms. The number of nitrogen functional groups attached to an aromatic ring is 1. The number of carbonyl (C=O) groups excluding carboxylic acids is 1. The van der Waals surface area contributed by atoms with E-state index in [1.165, 1.54) is 16.7 Å². The smallest absolute Gasteiger partial charge is 0.276 e. The number of nitriles is 1. The minimum absolute atomic E-state index is 0.00832. The largest absolute Gasteiger partial charge is 0.396 e. The highest BCUT2D eigenvalue weighted by molar-refractivity contribution is 6.37. The molecule has 3 N–H and O–H groups in total. The van der Waals surface area contributed by atoms with Gasteiger partial charge in [0, 0.05) is 36.1 Å². The molecular formula is C33H32Cl2F3N7O2. The van der Waals surface area contributed by atoms with Gasteiger partial charge in [-0.15, -0.1) is 0 Å². The fourth-order valence-corrected chi connectivity index (χ4v) is 7.05. The van der Waals surface area contributed by atoms with Crippen LogP contribution >= 0.6 is 23.2 Å². The van der Waals surface area contributed by atoms with Crippen molar-refractivity contribution in [3.8, 4) is 17.3 Å². The van der Waals surface area contributed by atoms with Crippen LogP contribution in [0.1, 0.15) is 40.2 Å². The monoisotopic (exact) mass is 685 g/mol. The van der Waals surface area contributed by atoms with Crippen LogP contribution < -0.4 is 21.5 Å². The Hall–Kier alpha value is -4.47. The summed E-state index contributed by atoms with van der Waals surface area (Å²) in [6, 6.07) is 2.40. The summed E-state index contributed by atoms with van der Waals surface area (Å²) in [5, 5.41) is 13.0. The predicted molar refractivity (Wildman–Crippen MR) is 178 cm³/mol. The lowest BCUT2D eigenvalue weighted by molar-refractivity contribution is -0.130. The molecule has 3 aromatic rings. The summed E-state index contributed by atoms with van der Waals surface area (Å²) in [5.41, 5.74) is 4.79. The van der Waals surface area contributed by atoms with Gasteiger partial charge in [-0.05, 0) is 56.7 Å². The number of anilines is 2. The first kappa shape index (κ1) is 33.9. The Morgan fingerprint density at radius 1 is 1.19 bits per heavy atom. The van der Waals surface area contributed by atoms with Crippen LogP contribution in [-0.2, 0) is 4.79 Å². The van der Waals surface area contributed by atoms with E-state index in [9.17, 15) is 28.0 Å². The number of rotatable bonds is 5. The van der Waals surface area contributed by atoms with E-state index in [-0.39, 0.29) is 70.0 Å². The van der Waals surface area contributed by atoms with Crippen LogP contribution in [-0.4, -0.2) is 51.6 Å². The van der Waals surface area contributed by atoms with Crippen molar-refractivity contribution in [2.75, 3.05) is 23.7 Å². The quantitative estimate of drug-likeness (QED) is 0.142. The molecule has 1 aromatic carbocycles. The summed E-state index contributed by atoms with van der Waals surface area (Å²) in [5.74, 6) is -5.52. The number of dihydropyridines is 1. The minimum atomic E-state index is -1.86. The number of nitrogens with one attached hydrogen (secondary N) is 1. The van der Waals surface area contributed by atoms with Crippen molar-refractivity contribution < 1.29 is 18.0 Å². The van der Waals surface area contributed by atoms with Gasteiger partial charge in [-0.25, -0.2) is 18.2 Å². The van der Waals surface area contributed by atoms with Crippen molar-refractivity contribution >= 4 is 57.2 Å². The van der Waals surface area contributed by atoms with E-state index < -0.39 is 45.3 Å². The van der Waals surface area contributed by atoms with E-state index >= 15 is 0 Å². The van der Waals surface area contributed by atoms with Gasteiger partial charge in [0.2, 0.25) is 5.91 Å². The zero-order valence-corrected chi connectivity index (χ0v) is 27.8.